The van der Waals surface area contributed by atoms with E-state index in [0.29, 0.717) is 18.4 Å². The van der Waals surface area contributed by atoms with Crippen LogP contribution in [0, 0.1) is 11.8 Å². The van der Waals surface area contributed by atoms with Crippen molar-refractivity contribution >= 4 is 86.6 Å². The van der Waals surface area contributed by atoms with Gasteiger partial charge in [0.1, 0.15) is 48.0 Å². The maximum atomic E-state index is 14.5. The molecule has 3 rings (SSSR count). The quantitative estimate of drug-likeness (QED) is 0.0305. The number of rotatable bonds is 17. The number of nitrogens with two attached hydrogens (primary N) is 4. The molecule has 1 aromatic rings. The maximum Gasteiger partial charge on any atom is 0.246 e. The molecular formula is C43H67N13O12S2. The Bertz CT molecular complexity index is 2070. The van der Waals surface area contributed by atoms with Gasteiger partial charge in [-0.1, -0.05) is 67.8 Å². The summed E-state index contributed by atoms with van der Waals surface area (Å²) < 4.78 is 0. The third-order valence-corrected chi connectivity index (χ3v) is 13.9. The predicted octanol–water partition coefficient (Wildman–Crippen LogP) is -4.10. The van der Waals surface area contributed by atoms with Crippen molar-refractivity contribution in [1.29, 1.82) is 0 Å². The Morgan fingerprint density at radius 1 is 0.814 bits per heavy atom. The van der Waals surface area contributed by atoms with E-state index in [-0.39, 0.29) is 49.0 Å². The van der Waals surface area contributed by atoms with Crippen LogP contribution in [0.2, 0.25) is 0 Å². The molecule has 2 heterocycles. The average Bonchev–Trinajstić information content (AvgIpc) is 3.81. The predicted molar refractivity (Wildman–Crippen MR) is 258 cm³/mol. The summed E-state index contributed by atoms with van der Waals surface area (Å²) >= 11 is 0. The van der Waals surface area contributed by atoms with Crippen molar-refractivity contribution in [2.24, 2.45) is 34.9 Å². The summed E-state index contributed by atoms with van der Waals surface area (Å²) in [4.78, 5) is 149. The Labute approximate surface area is 413 Å². The Morgan fingerprint density at radius 3 is 2.04 bits per heavy atom. The number of hydrogen-bond donors (Lipinski definition) is 13. The first kappa shape index (κ1) is 58.1. The SMILES string of the molecule is CC[C@H](C)C1NC(=O)[C@H](Cc2ccc(O)cc2)NC(=O)[C@@H](N)CSSC[C@@H](C(=O)N2CCC[C@H]2C(=O)N[C@@H](CC(C)C)C(=O)NCC(N)=O)NC(=O)[C@H](CC(N)=O)NC(=O)[C@H](CCC(=O)NN)NC1=O. The lowest BCUT2D eigenvalue weighted by Gasteiger charge is -2.31. The van der Waals surface area contributed by atoms with Gasteiger partial charge in [-0.05, 0) is 55.2 Å². The summed E-state index contributed by atoms with van der Waals surface area (Å²) in [6.45, 7) is 6.59. The van der Waals surface area contributed by atoms with Crippen molar-refractivity contribution in [3.05, 3.63) is 29.8 Å². The van der Waals surface area contributed by atoms with Crippen molar-refractivity contribution in [1.82, 2.24) is 47.5 Å². The Balaban J connectivity index is 2.06. The second kappa shape index (κ2) is 28.5. The van der Waals surface area contributed by atoms with Gasteiger partial charge in [-0.25, -0.2) is 5.84 Å². The van der Waals surface area contributed by atoms with E-state index in [1.807, 2.05) is 19.3 Å². The summed E-state index contributed by atoms with van der Waals surface area (Å²) in [5.41, 5.74) is 19.5. The van der Waals surface area contributed by atoms with E-state index in [0.717, 1.165) is 21.6 Å². The molecule has 0 aromatic heterocycles. The second-order valence-corrected chi connectivity index (χ2v) is 20.1. The minimum atomic E-state index is -1.76. The van der Waals surface area contributed by atoms with E-state index < -0.39 is 145 Å². The molecule has 2 aliphatic rings. The first-order valence-electron chi connectivity index (χ1n) is 22.8. The third-order valence-electron chi connectivity index (χ3n) is 11.4. The number of benzene rings is 1. The number of aromatic hydroxyl groups is 1. The largest absolute Gasteiger partial charge is 0.508 e. The van der Waals surface area contributed by atoms with Gasteiger partial charge < -0.3 is 64.4 Å². The monoisotopic (exact) mass is 1020 g/mol. The number of nitrogens with one attached hydrogen (secondary N) is 8. The molecule has 1 unspecified atom stereocenters. The normalized spacial score (nSPS) is 24.1. The molecule has 2 saturated heterocycles. The number of nitrogens with zero attached hydrogens (tertiary/aromatic N) is 1. The smallest absolute Gasteiger partial charge is 0.246 e. The van der Waals surface area contributed by atoms with E-state index in [4.69, 9.17) is 23.0 Å². The van der Waals surface area contributed by atoms with Crippen molar-refractivity contribution in [3.8, 4) is 5.75 Å². The molecule has 0 bridgehead atoms. The highest BCUT2D eigenvalue weighted by Gasteiger charge is 2.41. The molecule has 0 radical (unpaired) electrons. The number of carbonyl (C=O) groups excluding carboxylic acids is 11. The molecule has 9 atom stereocenters. The maximum absolute atomic E-state index is 14.5. The van der Waals surface area contributed by atoms with Gasteiger partial charge in [0.15, 0.2) is 0 Å². The van der Waals surface area contributed by atoms with Gasteiger partial charge in [-0.15, -0.1) is 0 Å². The second-order valence-electron chi connectivity index (χ2n) is 17.5. The van der Waals surface area contributed by atoms with Crippen LogP contribution < -0.4 is 65.7 Å². The molecular weight excluding hydrogens is 955 g/mol. The topological polar surface area (TPSA) is 412 Å². The van der Waals surface area contributed by atoms with Crippen LogP contribution in [0.25, 0.3) is 0 Å². The minimum absolute atomic E-state index is 0.0462. The molecule has 25 nitrogen and oxygen atoms in total. The van der Waals surface area contributed by atoms with Crippen LogP contribution in [0.4, 0.5) is 0 Å². The van der Waals surface area contributed by atoms with Gasteiger partial charge in [0.05, 0.1) is 19.0 Å². The van der Waals surface area contributed by atoms with Crippen molar-refractivity contribution in [2.75, 3.05) is 24.6 Å². The summed E-state index contributed by atoms with van der Waals surface area (Å²) in [5, 5.41) is 27.7. The summed E-state index contributed by atoms with van der Waals surface area (Å²) in [6.07, 6.45) is -0.714. The van der Waals surface area contributed by atoms with E-state index in [9.17, 15) is 57.8 Å². The first-order chi connectivity index (χ1) is 33.0. The standard InChI is InChI=1S/C43H67N13O12S2/c1-5-22(4)35-42(67)49-26(12-13-34(60)55-47)38(63)51-29(17-32(45)58)39(64)53-30(20-70-69-19-25(44)36(61)50-28(40(65)54-35)16-23-8-10-24(57)11-9-23)43(68)56-14-6-7-31(56)41(66)52-27(15-21(2)3)37(62)48-18-33(46)59/h8-11,21-22,25-31,35,57H,5-7,12-20,44,47H2,1-4H3,(H2,45,58)(H2,46,59)(H,48,62)(H,49,67)(H,50,61)(H,51,63)(H,52,66)(H,53,64)(H,54,65)(H,55,60)/t22-,25-,26-,27-,28-,29-,30-,31-,35?/m0/s1. The number of phenols is 1. The van der Waals surface area contributed by atoms with Crippen LogP contribution in [-0.4, -0.2) is 148 Å². The molecule has 1 aromatic carbocycles. The molecule has 17 N–H and O–H groups in total. The summed E-state index contributed by atoms with van der Waals surface area (Å²) in [5.74, 6) is -5.05. The number of amides is 11. The summed E-state index contributed by atoms with van der Waals surface area (Å²) in [6, 6.07) is -5.11. The van der Waals surface area contributed by atoms with Crippen molar-refractivity contribution in [3.63, 3.8) is 0 Å². The van der Waals surface area contributed by atoms with Crippen molar-refractivity contribution in [2.45, 2.75) is 127 Å². The van der Waals surface area contributed by atoms with E-state index in [1.54, 1.807) is 13.8 Å². The van der Waals surface area contributed by atoms with Gasteiger partial charge in [0.25, 0.3) is 0 Å². The fourth-order valence-electron chi connectivity index (χ4n) is 7.40. The lowest BCUT2D eigenvalue weighted by atomic mass is 9.96. The van der Waals surface area contributed by atoms with Gasteiger partial charge in [-0.3, -0.25) is 58.2 Å². The molecule has 0 saturated carbocycles. The zero-order valence-corrected chi connectivity index (χ0v) is 41.2. The molecule has 11 amide bonds. The molecule has 388 valence electrons. The van der Waals surface area contributed by atoms with Gasteiger partial charge in [0.2, 0.25) is 65.0 Å². The molecule has 0 spiro atoms. The van der Waals surface area contributed by atoms with Crippen LogP contribution >= 0.6 is 21.6 Å². The number of phenolic OH excluding ortho intramolecular Hbond substituents is 1. The molecule has 2 aliphatic heterocycles. The van der Waals surface area contributed by atoms with Gasteiger partial charge in [0, 0.05) is 30.9 Å². The fourth-order valence-corrected chi connectivity index (χ4v) is 9.68. The van der Waals surface area contributed by atoms with Crippen LogP contribution in [0.15, 0.2) is 24.3 Å². The molecule has 2 fully saturated rings. The molecule has 0 aliphatic carbocycles. The Morgan fingerprint density at radius 2 is 1.43 bits per heavy atom. The van der Waals surface area contributed by atoms with Gasteiger partial charge in [-0.2, -0.15) is 0 Å². The zero-order valence-electron chi connectivity index (χ0n) is 39.6. The third kappa shape index (κ3) is 18.6. The van der Waals surface area contributed by atoms with E-state index in [2.05, 4.69) is 37.2 Å². The van der Waals surface area contributed by atoms with E-state index >= 15 is 0 Å². The van der Waals surface area contributed by atoms with Crippen LogP contribution in [-0.2, 0) is 59.2 Å². The molecule has 27 heteroatoms. The highest BCUT2D eigenvalue weighted by molar-refractivity contribution is 8.76. The molecule has 70 heavy (non-hydrogen) atoms. The summed E-state index contributed by atoms with van der Waals surface area (Å²) in [7, 11) is 2.04. The lowest BCUT2D eigenvalue weighted by molar-refractivity contribution is -0.142. The van der Waals surface area contributed by atoms with Crippen molar-refractivity contribution < 1.29 is 57.8 Å². The zero-order chi connectivity index (χ0) is 52.2. The van der Waals surface area contributed by atoms with Crippen LogP contribution in [0.1, 0.15) is 78.2 Å². The highest BCUT2D eigenvalue weighted by atomic mass is 33.1. The number of primary amides is 2. The van der Waals surface area contributed by atoms with Gasteiger partial charge >= 0.3 is 0 Å². The van der Waals surface area contributed by atoms with E-state index in [1.165, 1.54) is 29.2 Å². The Kier molecular flexibility index (Phi) is 23.6. The first-order valence-corrected chi connectivity index (χ1v) is 25.3. The number of hydrazine groups is 1. The number of carbonyl (C=O) groups is 11. The fraction of sp³-hybridized carbons (Fsp3) is 0.605. The average molecular weight is 1020 g/mol. The Hall–Kier alpha value is -6.19. The number of hydrogen-bond acceptors (Lipinski definition) is 16. The van der Waals surface area contributed by atoms with Crippen LogP contribution in [0.3, 0.4) is 0 Å². The number of likely N-dealkylation sites (tertiary alicyclic amines) is 1. The van der Waals surface area contributed by atoms with Crippen LogP contribution in [0.5, 0.6) is 5.75 Å². The lowest BCUT2D eigenvalue weighted by Crippen LogP contribution is -2.61. The highest BCUT2D eigenvalue weighted by Crippen LogP contribution is 2.26. The minimum Gasteiger partial charge on any atom is -0.508 e.